The van der Waals surface area contributed by atoms with Crippen molar-refractivity contribution in [3.05, 3.63) is 23.9 Å². The Bertz CT molecular complexity index is 693. The van der Waals surface area contributed by atoms with Crippen molar-refractivity contribution in [2.75, 3.05) is 37.3 Å². The van der Waals surface area contributed by atoms with E-state index in [1.165, 1.54) is 6.26 Å². The van der Waals surface area contributed by atoms with Gasteiger partial charge >= 0.3 is 0 Å². The molecule has 0 atom stereocenters. The van der Waals surface area contributed by atoms with Crippen LogP contribution in [0.4, 0.5) is 5.82 Å². The molecule has 0 saturated carbocycles. The summed E-state index contributed by atoms with van der Waals surface area (Å²) in [4.78, 5) is 21.1. The van der Waals surface area contributed by atoms with E-state index in [2.05, 4.69) is 14.6 Å². The number of aromatic nitrogens is 1. The summed E-state index contributed by atoms with van der Waals surface area (Å²) >= 11 is 0. The monoisotopic (exact) mass is 352 g/mol. The normalized spacial score (nSPS) is 19.7. The number of nitrogens with one attached hydrogen (secondary N) is 1. The zero-order valence-electron chi connectivity index (χ0n) is 13.9. The zero-order valence-corrected chi connectivity index (χ0v) is 14.8. The van der Waals surface area contributed by atoms with E-state index in [0.717, 1.165) is 25.9 Å². The highest BCUT2D eigenvalue weighted by atomic mass is 32.2. The fourth-order valence-electron chi connectivity index (χ4n) is 3.42. The van der Waals surface area contributed by atoms with Crippen LogP contribution >= 0.6 is 0 Å². The molecule has 1 amide bonds. The second-order valence-electron chi connectivity index (χ2n) is 6.53. The molecule has 2 saturated heterocycles. The zero-order chi connectivity index (χ0) is 17.2. The van der Waals surface area contributed by atoms with E-state index in [-0.39, 0.29) is 11.9 Å². The summed E-state index contributed by atoms with van der Waals surface area (Å²) < 4.78 is 25.4. The number of likely N-dealkylation sites (tertiary alicyclic amines) is 1. The molecule has 24 heavy (non-hydrogen) atoms. The number of amides is 1. The maximum absolute atomic E-state index is 12.7. The van der Waals surface area contributed by atoms with Crippen molar-refractivity contribution in [2.24, 2.45) is 0 Å². The maximum Gasteiger partial charge on any atom is 0.257 e. The van der Waals surface area contributed by atoms with Crippen molar-refractivity contribution in [2.45, 2.75) is 31.7 Å². The van der Waals surface area contributed by atoms with Crippen LogP contribution in [0, 0.1) is 0 Å². The lowest BCUT2D eigenvalue weighted by atomic mass is 10.1. The number of carbonyl (C=O) groups is 1. The molecule has 3 heterocycles. The number of hydrogen-bond donors (Lipinski definition) is 1. The fourth-order valence-corrected chi connectivity index (χ4v) is 4.26. The van der Waals surface area contributed by atoms with Crippen LogP contribution in [0.25, 0.3) is 0 Å². The molecular formula is C16H24N4O3S. The molecule has 0 aliphatic carbocycles. The summed E-state index contributed by atoms with van der Waals surface area (Å²) in [6, 6.07) is 3.59. The third-order valence-corrected chi connectivity index (χ3v) is 5.35. The van der Waals surface area contributed by atoms with Gasteiger partial charge in [0.05, 0.1) is 11.8 Å². The molecule has 7 nitrogen and oxygen atoms in total. The molecule has 1 aromatic rings. The van der Waals surface area contributed by atoms with Gasteiger partial charge in [-0.3, -0.25) is 4.79 Å². The van der Waals surface area contributed by atoms with Gasteiger partial charge in [0, 0.05) is 38.4 Å². The lowest BCUT2D eigenvalue weighted by Gasteiger charge is -2.34. The number of pyridine rings is 1. The Hall–Kier alpha value is -1.67. The molecule has 0 bridgehead atoms. The first-order valence-electron chi connectivity index (χ1n) is 8.40. The molecule has 2 aliphatic rings. The fraction of sp³-hybridized carbons (Fsp3) is 0.625. The summed E-state index contributed by atoms with van der Waals surface area (Å²) in [5.41, 5.74) is 0.647. The maximum atomic E-state index is 12.7. The van der Waals surface area contributed by atoms with E-state index in [1.807, 2.05) is 11.0 Å². The van der Waals surface area contributed by atoms with Gasteiger partial charge in [0.1, 0.15) is 5.82 Å². The van der Waals surface area contributed by atoms with Crippen LogP contribution in [0.3, 0.4) is 0 Å². The standard InChI is InChI=1S/C16H24N4O3S/c1-24(22,23)18-13-6-11-19(12-7-13)15-14(5-4-8-17-15)16(21)20-9-2-3-10-20/h4-5,8,13,18H,2-3,6-7,9-12H2,1H3. The van der Waals surface area contributed by atoms with Crippen molar-refractivity contribution in [3.8, 4) is 0 Å². The Labute approximate surface area is 143 Å². The molecule has 0 radical (unpaired) electrons. The molecule has 0 unspecified atom stereocenters. The Morgan fingerprint density at radius 2 is 1.88 bits per heavy atom. The SMILES string of the molecule is CS(=O)(=O)NC1CCN(c2ncccc2C(=O)N2CCCC2)CC1. The Balaban J connectivity index is 1.71. The van der Waals surface area contributed by atoms with Gasteiger partial charge in [-0.15, -0.1) is 0 Å². The summed E-state index contributed by atoms with van der Waals surface area (Å²) in [7, 11) is -3.18. The quantitative estimate of drug-likeness (QED) is 0.868. The number of carbonyl (C=O) groups excluding carboxylic acids is 1. The third-order valence-electron chi connectivity index (χ3n) is 4.59. The summed E-state index contributed by atoms with van der Waals surface area (Å²) in [5.74, 6) is 0.763. The van der Waals surface area contributed by atoms with Crippen LogP contribution in [0.2, 0.25) is 0 Å². The lowest BCUT2D eigenvalue weighted by Crippen LogP contribution is -2.45. The van der Waals surface area contributed by atoms with E-state index in [1.54, 1.807) is 12.3 Å². The van der Waals surface area contributed by atoms with E-state index in [9.17, 15) is 13.2 Å². The van der Waals surface area contributed by atoms with E-state index >= 15 is 0 Å². The van der Waals surface area contributed by atoms with E-state index in [4.69, 9.17) is 0 Å². The second kappa shape index (κ2) is 7.06. The van der Waals surface area contributed by atoms with Crippen LogP contribution in [0.5, 0.6) is 0 Å². The van der Waals surface area contributed by atoms with Crippen LogP contribution in [0.15, 0.2) is 18.3 Å². The smallest absolute Gasteiger partial charge is 0.257 e. The molecule has 1 aromatic heterocycles. The van der Waals surface area contributed by atoms with Crippen LogP contribution in [-0.2, 0) is 10.0 Å². The Kier molecular flexibility index (Phi) is 5.05. The van der Waals surface area contributed by atoms with Crippen molar-refractivity contribution in [1.29, 1.82) is 0 Å². The van der Waals surface area contributed by atoms with Gasteiger partial charge in [-0.25, -0.2) is 18.1 Å². The molecule has 132 valence electrons. The average molecular weight is 352 g/mol. The number of hydrogen-bond acceptors (Lipinski definition) is 5. The molecule has 1 N–H and O–H groups in total. The highest BCUT2D eigenvalue weighted by Crippen LogP contribution is 2.24. The van der Waals surface area contributed by atoms with E-state index in [0.29, 0.717) is 37.3 Å². The number of rotatable bonds is 4. The highest BCUT2D eigenvalue weighted by Gasteiger charge is 2.27. The topological polar surface area (TPSA) is 82.6 Å². The van der Waals surface area contributed by atoms with Crippen molar-refractivity contribution in [3.63, 3.8) is 0 Å². The predicted octanol–water partition coefficient (Wildman–Crippen LogP) is 0.836. The molecule has 0 spiro atoms. The van der Waals surface area contributed by atoms with Gasteiger partial charge < -0.3 is 9.80 Å². The summed E-state index contributed by atoms with van der Waals surface area (Å²) in [6.07, 6.45) is 6.43. The van der Waals surface area contributed by atoms with Gasteiger partial charge in [0.2, 0.25) is 10.0 Å². The van der Waals surface area contributed by atoms with Gasteiger partial charge in [-0.2, -0.15) is 0 Å². The Morgan fingerprint density at radius 1 is 1.21 bits per heavy atom. The molecule has 2 aliphatic heterocycles. The van der Waals surface area contributed by atoms with E-state index < -0.39 is 10.0 Å². The van der Waals surface area contributed by atoms with Gasteiger partial charge in [-0.05, 0) is 37.8 Å². The predicted molar refractivity (Wildman–Crippen MR) is 92.6 cm³/mol. The first-order chi connectivity index (χ1) is 11.4. The van der Waals surface area contributed by atoms with Crippen LogP contribution < -0.4 is 9.62 Å². The van der Waals surface area contributed by atoms with Gasteiger partial charge in [-0.1, -0.05) is 0 Å². The summed E-state index contributed by atoms with van der Waals surface area (Å²) in [5, 5.41) is 0. The molecule has 2 fully saturated rings. The average Bonchev–Trinajstić information content (AvgIpc) is 3.08. The lowest BCUT2D eigenvalue weighted by molar-refractivity contribution is 0.0793. The third kappa shape index (κ3) is 4.05. The molecule has 3 rings (SSSR count). The van der Waals surface area contributed by atoms with Crippen LogP contribution in [0.1, 0.15) is 36.0 Å². The minimum atomic E-state index is -3.18. The van der Waals surface area contributed by atoms with Gasteiger partial charge in [0.15, 0.2) is 0 Å². The Morgan fingerprint density at radius 3 is 2.50 bits per heavy atom. The summed E-state index contributed by atoms with van der Waals surface area (Å²) in [6.45, 7) is 3.00. The number of piperidine rings is 1. The van der Waals surface area contributed by atoms with Gasteiger partial charge in [0.25, 0.3) is 5.91 Å². The largest absolute Gasteiger partial charge is 0.356 e. The minimum absolute atomic E-state index is 0.0438. The first kappa shape index (κ1) is 17.2. The highest BCUT2D eigenvalue weighted by molar-refractivity contribution is 7.88. The minimum Gasteiger partial charge on any atom is -0.356 e. The van der Waals surface area contributed by atoms with Crippen molar-refractivity contribution >= 4 is 21.7 Å². The van der Waals surface area contributed by atoms with Crippen LogP contribution in [-0.4, -0.2) is 62.7 Å². The molecule has 0 aromatic carbocycles. The molecule has 8 heteroatoms. The molecular weight excluding hydrogens is 328 g/mol. The first-order valence-corrected chi connectivity index (χ1v) is 10.3. The number of sulfonamides is 1. The number of anilines is 1. The van der Waals surface area contributed by atoms with Crippen molar-refractivity contribution < 1.29 is 13.2 Å². The second-order valence-corrected chi connectivity index (χ2v) is 8.31. The van der Waals surface area contributed by atoms with Crippen molar-refractivity contribution in [1.82, 2.24) is 14.6 Å². The number of nitrogens with zero attached hydrogens (tertiary/aromatic N) is 3.